The lowest BCUT2D eigenvalue weighted by Crippen LogP contribution is -2.26. The molecule has 1 aromatic heterocycles. The van der Waals surface area contributed by atoms with Crippen LogP contribution in [0.5, 0.6) is 0 Å². The summed E-state index contributed by atoms with van der Waals surface area (Å²) >= 11 is 13.6. The summed E-state index contributed by atoms with van der Waals surface area (Å²) in [7, 11) is 0. The number of para-hydroxylation sites is 1. The first-order valence-electron chi connectivity index (χ1n) is 8.47. The molecule has 0 saturated carbocycles. The van der Waals surface area contributed by atoms with Gasteiger partial charge in [0.05, 0.1) is 27.4 Å². The van der Waals surface area contributed by atoms with E-state index in [9.17, 15) is 9.59 Å². The predicted molar refractivity (Wildman–Crippen MR) is 114 cm³/mol. The Bertz CT molecular complexity index is 1110. The van der Waals surface area contributed by atoms with Gasteiger partial charge in [-0.15, -0.1) is 0 Å². The molecule has 2 aromatic carbocycles. The van der Waals surface area contributed by atoms with Crippen molar-refractivity contribution in [2.45, 2.75) is 31.5 Å². The van der Waals surface area contributed by atoms with Crippen LogP contribution in [0.1, 0.15) is 20.8 Å². The van der Waals surface area contributed by atoms with Crippen LogP contribution in [0.4, 0.5) is 0 Å². The van der Waals surface area contributed by atoms with Crippen LogP contribution >= 0.6 is 35.0 Å². The molecule has 0 fully saturated rings. The maximum Gasteiger partial charge on any atom is 0.316 e. The summed E-state index contributed by atoms with van der Waals surface area (Å²) < 4.78 is 6.72. The zero-order chi connectivity index (χ0) is 20.5. The van der Waals surface area contributed by atoms with Crippen LogP contribution in [0.3, 0.4) is 0 Å². The maximum atomic E-state index is 13.2. The van der Waals surface area contributed by atoms with Gasteiger partial charge in [-0.3, -0.25) is 14.2 Å². The molecule has 0 amide bonds. The Morgan fingerprint density at radius 3 is 2.61 bits per heavy atom. The van der Waals surface area contributed by atoms with Gasteiger partial charge in [-0.2, -0.15) is 0 Å². The number of benzene rings is 2. The summed E-state index contributed by atoms with van der Waals surface area (Å²) in [6.45, 7) is 5.39. The van der Waals surface area contributed by atoms with Gasteiger partial charge in [-0.25, -0.2) is 4.98 Å². The van der Waals surface area contributed by atoms with Crippen molar-refractivity contribution in [2.75, 3.05) is 5.75 Å². The maximum absolute atomic E-state index is 13.2. The Balaban J connectivity index is 2.11. The van der Waals surface area contributed by atoms with Crippen molar-refractivity contribution >= 4 is 51.8 Å². The van der Waals surface area contributed by atoms with Gasteiger partial charge in [0.15, 0.2) is 5.16 Å². The second-order valence-electron chi connectivity index (χ2n) is 7.02. The summed E-state index contributed by atoms with van der Waals surface area (Å²) in [4.78, 5) is 29.9. The van der Waals surface area contributed by atoms with E-state index < -0.39 is 11.6 Å². The molecule has 28 heavy (non-hydrogen) atoms. The Morgan fingerprint density at radius 2 is 1.89 bits per heavy atom. The lowest BCUT2D eigenvalue weighted by atomic mass is 10.2. The molecule has 8 heteroatoms. The molecule has 1 heterocycles. The number of nitrogens with zero attached hydrogens (tertiary/aromatic N) is 2. The molecular weight excluding hydrogens is 419 g/mol. The molecule has 5 nitrogen and oxygen atoms in total. The predicted octanol–water partition coefficient (Wildman–Crippen LogP) is 5.13. The quantitative estimate of drug-likeness (QED) is 0.322. The largest absolute Gasteiger partial charge is 0.459 e. The second kappa shape index (κ2) is 8.15. The van der Waals surface area contributed by atoms with Crippen LogP contribution < -0.4 is 5.56 Å². The summed E-state index contributed by atoms with van der Waals surface area (Å²) in [5.41, 5.74) is 0.0591. The minimum atomic E-state index is -0.593. The third-order valence-corrected chi connectivity index (χ3v) is 5.10. The number of fused-ring (bicyclic) bond motifs is 1. The molecule has 0 atom stereocenters. The average molecular weight is 437 g/mol. The fraction of sp³-hybridized carbons (Fsp3) is 0.250. The van der Waals surface area contributed by atoms with Gasteiger partial charge in [0.2, 0.25) is 0 Å². The van der Waals surface area contributed by atoms with Gasteiger partial charge in [-0.05, 0) is 51.1 Å². The number of esters is 1. The van der Waals surface area contributed by atoms with E-state index in [1.54, 1.807) is 63.2 Å². The number of hydrogen-bond donors (Lipinski definition) is 0. The molecule has 0 saturated heterocycles. The van der Waals surface area contributed by atoms with Gasteiger partial charge in [-0.1, -0.05) is 47.1 Å². The van der Waals surface area contributed by atoms with Gasteiger partial charge in [0.1, 0.15) is 5.60 Å². The lowest BCUT2D eigenvalue weighted by molar-refractivity contribution is -0.151. The van der Waals surface area contributed by atoms with E-state index in [1.807, 2.05) is 0 Å². The minimum absolute atomic E-state index is 0.000233. The molecular formula is C20H18Cl2N2O3S. The lowest BCUT2D eigenvalue weighted by Gasteiger charge is -2.19. The zero-order valence-electron chi connectivity index (χ0n) is 15.5. The van der Waals surface area contributed by atoms with E-state index in [2.05, 4.69) is 4.98 Å². The first kappa shape index (κ1) is 20.7. The highest BCUT2D eigenvalue weighted by molar-refractivity contribution is 7.99. The first-order chi connectivity index (χ1) is 13.2. The summed E-state index contributed by atoms with van der Waals surface area (Å²) in [6.07, 6.45) is 0. The monoisotopic (exact) mass is 436 g/mol. The molecule has 0 aliphatic heterocycles. The number of thioether (sulfide) groups is 1. The summed E-state index contributed by atoms with van der Waals surface area (Å²) in [6, 6.07) is 11.9. The highest BCUT2D eigenvalue weighted by atomic mass is 35.5. The Hall–Kier alpha value is -2.02. The Morgan fingerprint density at radius 1 is 1.18 bits per heavy atom. The van der Waals surface area contributed by atoms with E-state index in [-0.39, 0.29) is 11.3 Å². The fourth-order valence-corrected chi connectivity index (χ4v) is 3.72. The Kier molecular flexibility index (Phi) is 6.03. The average Bonchev–Trinajstić information content (AvgIpc) is 2.61. The van der Waals surface area contributed by atoms with Crippen molar-refractivity contribution in [1.82, 2.24) is 9.55 Å². The normalized spacial score (nSPS) is 11.6. The zero-order valence-corrected chi connectivity index (χ0v) is 17.9. The van der Waals surface area contributed by atoms with Crippen LogP contribution in [0, 0.1) is 0 Å². The van der Waals surface area contributed by atoms with Crippen LogP contribution in [0.15, 0.2) is 52.4 Å². The molecule has 0 radical (unpaired) electrons. The molecule has 146 valence electrons. The van der Waals surface area contributed by atoms with Gasteiger partial charge in [0.25, 0.3) is 5.56 Å². The van der Waals surface area contributed by atoms with Crippen molar-refractivity contribution in [3.05, 3.63) is 62.9 Å². The van der Waals surface area contributed by atoms with Crippen molar-refractivity contribution in [3.8, 4) is 5.69 Å². The molecule has 0 bridgehead atoms. The van der Waals surface area contributed by atoms with Crippen LogP contribution in [0.25, 0.3) is 16.6 Å². The molecule has 3 aromatic rings. The van der Waals surface area contributed by atoms with E-state index in [1.165, 1.54) is 4.57 Å². The third-order valence-electron chi connectivity index (χ3n) is 3.63. The van der Waals surface area contributed by atoms with Crippen molar-refractivity contribution in [1.29, 1.82) is 0 Å². The number of aromatic nitrogens is 2. The van der Waals surface area contributed by atoms with Crippen LogP contribution in [-0.2, 0) is 9.53 Å². The van der Waals surface area contributed by atoms with Crippen molar-refractivity contribution in [3.63, 3.8) is 0 Å². The number of carbonyl (C=O) groups is 1. The molecule has 0 spiro atoms. The number of ether oxygens (including phenoxy) is 1. The van der Waals surface area contributed by atoms with Crippen LogP contribution in [-0.4, -0.2) is 26.9 Å². The van der Waals surface area contributed by atoms with Crippen LogP contribution in [0.2, 0.25) is 10.0 Å². The standard InChI is InChI=1S/C20H18Cl2N2O3S/c1-20(2,3)27-17(25)11-28-19-23-15-7-5-4-6-13(15)18(26)24(19)16-10-12(21)8-9-14(16)22/h4-10H,11H2,1-3H3. The second-order valence-corrected chi connectivity index (χ2v) is 8.81. The highest BCUT2D eigenvalue weighted by Crippen LogP contribution is 2.28. The highest BCUT2D eigenvalue weighted by Gasteiger charge is 2.20. The van der Waals surface area contributed by atoms with E-state index in [0.29, 0.717) is 31.8 Å². The first-order valence-corrected chi connectivity index (χ1v) is 10.2. The number of halogens is 2. The Labute approximate surface area is 176 Å². The minimum Gasteiger partial charge on any atom is -0.459 e. The smallest absolute Gasteiger partial charge is 0.316 e. The molecule has 0 N–H and O–H groups in total. The number of rotatable bonds is 4. The summed E-state index contributed by atoms with van der Waals surface area (Å²) in [5.74, 6) is -0.399. The topological polar surface area (TPSA) is 61.2 Å². The molecule has 0 aliphatic rings. The van der Waals surface area contributed by atoms with Crippen molar-refractivity contribution < 1.29 is 9.53 Å². The van der Waals surface area contributed by atoms with Gasteiger partial charge >= 0.3 is 5.97 Å². The van der Waals surface area contributed by atoms with Crippen molar-refractivity contribution in [2.24, 2.45) is 0 Å². The van der Waals surface area contributed by atoms with E-state index in [0.717, 1.165) is 11.8 Å². The molecule has 0 unspecified atom stereocenters. The number of carbonyl (C=O) groups excluding carboxylic acids is 1. The van der Waals surface area contributed by atoms with Gasteiger partial charge < -0.3 is 4.74 Å². The number of hydrogen-bond acceptors (Lipinski definition) is 5. The molecule has 3 rings (SSSR count). The SMILES string of the molecule is CC(C)(C)OC(=O)CSc1nc2ccccc2c(=O)n1-c1cc(Cl)ccc1Cl. The van der Waals surface area contributed by atoms with E-state index >= 15 is 0 Å². The summed E-state index contributed by atoms with van der Waals surface area (Å²) in [5, 5.41) is 1.56. The third kappa shape index (κ3) is 4.69. The van der Waals surface area contributed by atoms with E-state index in [4.69, 9.17) is 27.9 Å². The van der Waals surface area contributed by atoms with Gasteiger partial charge in [0, 0.05) is 5.02 Å². The fourth-order valence-electron chi connectivity index (χ4n) is 2.57. The molecule has 0 aliphatic carbocycles.